The van der Waals surface area contributed by atoms with Crippen LogP contribution in [0.3, 0.4) is 0 Å². The number of para-hydroxylation sites is 3. The topological polar surface area (TPSA) is 93.9 Å². The quantitative estimate of drug-likeness (QED) is 0.383. The summed E-state index contributed by atoms with van der Waals surface area (Å²) in [7, 11) is 0. The largest absolute Gasteiger partial charge is 0.485 e. The molecule has 2 atom stereocenters. The van der Waals surface area contributed by atoms with Gasteiger partial charge in [0.15, 0.2) is 17.5 Å². The molecule has 1 aliphatic heterocycles. The molecule has 2 amide bonds. The van der Waals surface area contributed by atoms with Crippen LogP contribution in [0.1, 0.15) is 43.9 Å². The van der Waals surface area contributed by atoms with Gasteiger partial charge >= 0.3 is 0 Å². The molecule has 1 fully saturated rings. The minimum atomic E-state index is -1.05. The van der Waals surface area contributed by atoms with Crippen LogP contribution in [0.15, 0.2) is 83.6 Å². The third-order valence-corrected chi connectivity index (χ3v) is 7.15. The molecule has 38 heavy (non-hydrogen) atoms. The Labute approximate surface area is 220 Å². The van der Waals surface area contributed by atoms with E-state index in [1.807, 2.05) is 42.5 Å². The van der Waals surface area contributed by atoms with Gasteiger partial charge in [-0.25, -0.2) is 0 Å². The molecule has 0 spiro atoms. The van der Waals surface area contributed by atoms with Crippen LogP contribution in [-0.4, -0.2) is 35.6 Å². The summed E-state index contributed by atoms with van der Waals surface area (Å²) in [6, 6.07) is 19.2. The first-order chi connectivity index (χ1) is 18.7. The van der Waals surface area contributed by atoms with Crippen LogP contribution in [0, 0.1) is 0 Å². The Hall–Kier alpha value is -4.33. The molecule has 4 aromatic rings. The number of nitrogens with one attached hydrogen (secondary N) is 1. The SMILES string of the molecule is O=C(NC1CCCCC1)[C@H](c1ccco1)N(C(=O)[C@H]1COc2ccccc2O1)c1cnc2ccccc2c1. The van der Waals surface area contributed by atoms with Gasteiger partial charge < -0.3 is 19.2 Å². The second-order valence-electron chi connectivity index (χ2n) is 9.72. The van der Waals surface area contributed by atoms with Crippen molar-refractivity contribution in [2.45, 2.75) is 50.3 Å². The third kappa shape index (κ3) is 4.81. The van der Waals surface area contributed by atoms with Crippen molar-refractivity contribution in [3.63, 3.8) is 0 Å². The van der Waals surface area contributed by atoms with Crippen molar-refractivity contribution < 1.29 is 23.5 Å². The highest BCUT2D eigenvalue weighted by molar-refractivity contribution is 6.04. The first-order valence-corrected chi connectivity index (χ1v) is 13.1. The predicted molar refractivity (Wildman–Crippen MR) is 142 cm³/mol. The number of amides is 2. The second-order valence-corrected chi connectivity index (χ2v) is 9.72. The second kappa shape index (κ2) is 10.6. The number of aromatic nitrogens is 1. The summed E-state index contributed by atoms with van der Waals surface area (Å²) in [6.07, 6.45) is 7.30. The average molecular weight is 512 g/mol. The minimum Gasteiger partial charge on any atom is -0.485 e. The summed E-state index contributed by atoms with van der Waals surface area (Å²) in [6.45, 7) is 0.0163. The molecule has 8 nitrogen and oxygen atoms in total. The van der Waals surface area contributed by atoms with Crippen LogP contribution in [0.2, 0.25) is 0 Å². The molecule has 2 aromatic heterocycles. The van der Waals surface area contributed by atoms with Gasteiger partial charge in [0.2, 0.25) is 6.10 Å². The molecule has 0 radical (unpaired) electrons. The van der Waals surface area contributed by atoms with E-state index in [0.29, 0.717) is 22.9 Å². The molecule has 0 saturated heterocycles. The van der Waals surface area contributed by atoms with Crippen molar-refractivity contribution in [2.24, 2.45) is 0 Å². The minimum absolute atomic E-state index is 0.0163. The summed E-state index contributed by atoms with van der Waals surface area (Å²) in [5.41, 5.74) is 1.26. The summed E-state index contributed by atoms with van der Waals surface area (Å²) in [5, 5.41) is 4.03. The van der Waals surface area contributed by atoms with Crippen LogP contribution in [0.5, 0.6) is 11.5 Å². The first-order valence-electron chi connectivity index (χ1n) is 13.1. The van der Waals surface area contributed by atoms with Gasteiger partial charge in [0, 0.05) is 11.4 Å². The highest BCUT2D eigenvalue weighted by Crippen LogP contribution is 2.35. The number of pyridine rings is 1. The summed E-state index contributed by atoms with van der Waals surface area (Å²) in [5.74, 6) is 0.696. The maximum Gasteiger partial charge on any atom is 0.272 e. The van der Waals surface area contributed by atoms with Crippen molar-refractivity contribution in [1.82, 2.24) is 10.3 Å². The van der Waals surface area contributed by atoms with E-state index in [9.17, 15) is 9.59 Å². The zero-order valence-electron chi connectivity index (χ0n) is 20.9. The molecule has 2 aromatic carbocycles. The van der Waals surface area contributed by atoms with Gasteiger partial charge in [0.1, 0.15) is 12.4 Å². The van der Waals surface area contributed by atoms with Gasteiger partial charge in [0.05, 0.1) is 23.7 Å². The van der Waals surface area contributed by atoms with Crippen LogP contribution in [-0.2, 0) is 9.59 Å². The van der Waals surface area contributed by atoms with Crippen molar-refractivity contribution in [3.8, 4) is 11.5 Å². The fourth-order valence-electron chi connectivity index (χ4n) is 5.24. The third-order valence-electron chi connectivity index (χ3n) is 7.15. The van der Waals surface area contributed by atoms with Crippen molar-refractivity contribution in [1.29, 1.82) is 0 Å². The maximum absolute atomic E-state index is 14.2. The predicted octanol–water partition coefficient (Wildman–Crippen LogP) is 5.19. The number of carbonyl (C=O) groups excluding carboxylic acids is 2. The number of hydrogen-bond acceptors (Lipinski definition) is 6. The lowest BCUT2D eigenvalue weighted by Crippen LogP contribution is -2.52. The monoisotopic (exact) mass is 511 g/mol. The molecule has 6 rings (SSSR count). The first kappa shape index (κ1) is 24.0. The zero-order chi connectivity index (χ0) is 25.9. The number of ether oxygens (including phenoxy) is 2. The lowest BCUT2D eigenvalue weighted by atomic mass is 9.95. The maximum atomic E-state index is 14.2. The lowest BCUT2D eigenvalue weighted by Gasteiger charge is -2.35. The van der Waals surface area contributed by atoms with Gasteiger partial charge in [-0.3, -0.25) is 19.5 Å². The van der Waals surface area contributed by atoms with Gasteiger partial charge in [-0.1, -0.05) is 49.6 Å². The molecule has 0 unspecified atom stereocenters. The normalized spacial score (nSPS) is 18.1. The number of fused-ring (bicyclic) bond motifs is 2. The molecule has 3 heterocycles. The summed E-state index contributed by atoms with van der Waals surface area (Å²) < 4.78 is 17.7. The van der Waals surface area contributed by atoms with Gasteiger partial charge in [-0.05, 0) is 49.2 Å². The Bertz CT molecular complexity index is 1430. The zero-order valence-corrected chi connectivity index (χ0v) is 20.9. The van der Waals surface area contributed by atoms with Crippen LogP contribution in [0.4, 0.5) is 5.69 Å². The number of nitrogens with zero attached hydrogens (tertiary/aromatic N) is 2. The number of hydrogen-bond donors (Lipinski definition) is 1. The van der Waals surface area contributed by atoms with Crippen molar-refractivity contribution in [2.75, 3.05) is 11.5 Å². The van der Waals surface area contributed by atoms with E-state index < -0.39 is 18.1 Å². The summed E-state index contributed by atoms with van der Waals surface area (Å²) >= 11 is 0. The smallest absolute Gasteiger partial charge is 0.272 e. The van der Waals surface area contributed by atoms with Crippen LogP contribution < -0.4 is 19.7 Å². The van der Waals surface area contributed by atoms with E-state index in [2.05, 4.69) is 10.3 Å². The number of anilines is 1. The van der Waals surface area contributed by atoms with E-state index >= 15 is 0 Å². The van der Waals surface area contributed by atoms with Crippen molar-refractivity contribution in [3.05, 3.63) is 85.0 Å². The van der Waals surface area contributed by atoms with E-state index in [4.69, 9.17) is 13.9 Å². The highest BCUT2D eigenvalue weighted by atomic mass is 16.6. The fraction of sp³-hybridized carbons (Fsp3) is 0.300. The molecule has 8 heteroatoms. The number of rotatable bonds is 6. The van der Waals surface area contributed by atoms with Crippen molar-refractivity contribution >= 4 is 28.4 Å². The Kier molecular flexibility index (Phi) is 6.69. The number of furan rings is 1. The number of benzene rings is 2. The molecular formula is C30H29N3O5. The Balaban J connectivity index is 1.41. The standard InChI is InChI=1S/C30H29N3O5/c34-29(32-21-10-2-1-3-11-21)28(26-15-8-16-36-26)33(22-17-20-9-4-5-12-23(20)31-18-22)30(35)27-19-37-24-13-6-7-14-25(24)38-27/h4-9,12-18,21,27-28H,1-3,10-11,19H2,(H,32,34)/t27-,28+/m1/s1. The van der Waals surface area contributed by atoms with E-state index in [-0.39, 0.29) is 18.6 Å². The average Bonchev–Trinajstić information content (AvgIpc) is 3.50. The van der Waals surface area contributed by atoms with Gasteiger partial charge in [-0.2, -0.15) is 0 Å². The molecule has 0 bridgehead atoms. The Morgan fingerprint density at radius 2 is 1.74 bits per heavy atom. The van der Waals surface area contributed by atoms with Gasteiger partial charge in [0.25, 0.3) is 11.8 Å². The highest BCUT2D eigenvalue weighted by Gasteiger charge is 2.41. The van der Waals surface area contributed by atoms with E-state index in [1.165, 1.54) is 17.6 Å². The molecular weight excluding hydrogens is 482 g/mol. The molecule has 194 valence electrons. The molecule has 1 N–H and O–H groups in total. The lowest BCUT2D eigenvalue weighted by molar-refractivity contribution is -0.132. The molecule has 1 aliphatic carbocycles. The number of carbonyl (C=O) groups is 2. The Morgan fingerprint density at radius 3 is 2.55 bits per heavy atom. The molecule has 1 saturated carbocycles. The van der Waals surface area contributed by atoms with Gasteiger partial charge in [-0.15, -0.1) is 0 Å². The van der Waals surface area contributed by atoms with Crippen LogP contribution in [0.25, 0.3) is 10.9 Å². The van der Waals surface area contributed by atoms with E-state index in [1.54, 1.807) is 30.5 Å². The van der Waals surface area contributed by atoms with E-state index in [0.717, 1.165) is 36.6 Å². The summed E-state index contributed by atoms with van der Waals surface area (Å²) in [4.78, 5) is 34.2. The van der Waals surface area contributed by atoms with Crippen LogP contribution >= 0.6 is 0 Å². The molecule has 2 aliphatic rings. The Morgan fingerprint density at radius 1 is 0.947 bits per heavy atom. The fourth-order valence-corrected chi connectivity index (χ4v) is 5.24.